The lowest BCUT2D eigenvalue weighted by Crippen LogP contribution is -2.17. The number of aromatic carboxylic acids is 1. The molecule has 0 spiro atoms. The van der Waals surface area contributed by atoms with Crippen LogP contribution in [-0.4, -0.2) is 36.5 Å². The molecule has 9 heteroatoms. The Bertz CT molecular complexity index is 1020. The van der Waals surface area contributed by atoms with Crippen LogP contribution < -0.4 is 5.32 Å². The highest BCUT2D eigenvalue weighted by Crippen LogP contribution is 2.22. The van der Waals surface area contributed by atoms with Gasteiger partial charge >= 0.3 is 5.97 Å². The van der Waals surface area contributed by atoms with E-state index in [0.717, 1.165) is 5.56 Å². The van der Waals surface area contributed by atoms with Crippen molar-refractivity contribution in [2.24, 2.45) is 7.05 Å². The van der Waals surface area contributed by atoms with Crippen molar-refractivity contribution in [3.63, 3.8) is 0 Å². The molecule has 1 amide bonds. The van der Waals surface area contributed by atoms with E-state index in [1.807, 2.05) is 0 Å². The summed E-state index contributed by atoms with van der Waals surface area (Å²) in [7, 11) is 1.54. The van der Waals surface area contributed by atoms with Gasteiger partial charge in [0.15, 0.2) is 5.69 Å². The lowest BCUT2D eigenvalue weighted by Gasteiger charge is -2.07. The fourth-order valence-corrected chi connectivity index (χ4v) is 2.78. The van der Waals surface area contributed by atoms with E-state index in [1.54, 1.807) is 37.7 Å². The van der Waals surface area contributed by atoms with Crippen LogP contribution in [0.15, 0.2) is 30.5 Å². The number of nitrogens with zero attached hydrogens (tertiary/aromatic N) is 4. The summed E-state index contributed by atoms with van der Waals surface area (Å²) in [5, 5.41) is 20.2. The zero-order chi connectivity index (χ0) is 19.7. The van der Waals surface area contributed by atoms with Gasteiger partial charge < -0.3 is 10.4 Å². The first-order chi connectivity index (χ1) is 12.8. The van der Waals surface area contributed by atoms with Crippen LogP contribution in [0, 0.1) is 19.7 Å². The molecular weight excluding hydrogens is 353 g/mol. The maximum absolute atomic E-state index is 13.0. The number of carboxylic acid groups (broad SMARTS) is 1. The van der Waals surface area contributed by atoms with E-state index in [4.69, 9.17) is 0 Å². The number of carbonyl (C=O) groups is 2. The van der Waals surface area contributed by atoms with E-state index >= 15 is 0 Å². The van der Waals surface area contributed by atoms with Crippen LogP contribution in [-0.2, 0) is 13.6 Å². The zero-order valence-corrected chi connectivity index (χ0v) is 15.0. The van der Waals surface area contributed by atoms with Gasteiger partial charge in [0.1, 0.15) is 11.4 Å². The smallest absolute Gasteiger partial charge is 0.339 e. The summed E-state index contributed by atoms with van der Waals surface area (Å²) in [6.45, 7) is 3.93. The number of carboxylic acids is 1. The van der Waals surface area contributed by atoms with Crippen LogP contribution in [0.25, 0.3) is 0 Å². The number of carbonyl (C=O) groups excluding carboxylic acids is 1. The molecule has 0 aliphatic rings. The van der Waals surface area contributed by atoms with Crippen molar-refractivity contribution in [1.29, 1.82) is 0 Å². The van der Waals surface area contributed by atoms with Gasteiger partial charge in [-0.2, -0.15) is 10.2 Å². The van der Waals surface area contributed by atoms with Gasteiger partial charge in [0.05, 0.1) is 23.6 Å². The average Bonchev–Trinajstić information content (AvgIpc) is 3.12. The molecule has 0 saturated heterocycles. The molecule has 0 radical (unpaired) electrons. The minimum atomic E-state index is -1.23. The standard InChI is InChI=1S/C18H18FN5O3/c1-10-15(20-17(25)16-14(18(26)27)9-23(3)22-16)11(2)24(21-10)8-12-4-6-13(19)7-5-12/h4-7,9H,8H2,1-3H3,(H,20,25)(H,26,27). The van der Waals surface area contributed by atoms with E-state index in [2.05, 4.69) is 15.5 Å². The highest BCUT2D eigenvalue weighted by atomic mass is 19.1. The predicted octanol–water partition coefficient (Wildman–Crippen LogP) is 2.37. The molecule has 3 rings (SSSR count). The summed E-state index contributed by atoms with van der Waals surface area (Å²) in [5.41, 5.74) is 2.27. The van der Waals surface area contributed by atoms with Crippen molar-refractivity contribution in [2.45, 2.75) is 20.4 Å². The highest BCUT2D eigenvalue weighted by Gasteiger charge is 2.23. The number of rotatable bonds is 5. The van der Waals surface area contributed by atoms with Crippen LogP contribution >= 0.6 is 0 Å². The Morgan fingerprint density at radius 1 is 1.19 bits per heavy atom. The van der Waals surface area contributed by atoms with Gasteiger partial charge in [-0.05, 0) is 31.5 Å². The zero-order valence-electron chi connectivity index (χ0n) is 15.0. The van der Waals surface area contributed by atoms with Crippen molar-refractivity contribution < 1.29 is 19.1 Å². The van der Waals surface area contributed by atoms with Crippen LogP contribution in [0.3, 0.4) is 0 Å². The third-order valence-corrected chi connectivity index (χ3v) is 4.14. The summed E-state index contributed by atoms with van der Waals surface area (Å²) in [6, 6.07) is 6.07. The molecule has 0 unspecified atom stereocenters. The largest absolute Gasteiger partial charge is 0.478 e. The number of anilines is 1. The summed E-state index contributed by atoms with van der Waals surface area (Å²) >= 11 is 0. The summed E-state index contributed by atoms with van der Waals surface area (Å²) < 4.78 is 16.0. The molecule has 0 aliphatic heterocycles. The molecule has 3 aromatic rings. The van der Waals surface area contributed by atoms with Crippen LogP contribution in [0.5, 0.6) is 0 Å². The van der Waals surface area contributed by atoms with Gasteiger partial charge in [-0.3, -0.25) is 14.2 Å². The monoisotopic (exact) mass is 371 g/mol. The Kier molecular flexibility index (Phi) is 4.76. The summed E-state index contributed by atoms with van der Waals surface area (Å²) in [6.07, 6.45) is 1.27. The quantitative estimate of drug-likeness (QED) is 0.717. The summed E-state index contributed by atoms with van der Waals surface area (Å²) in [4.78, 5) is 23.8. The van der Waals surface area contributed by atoms with E-state index in [1.165, 1.54) is 23.0 Å². The Hall–Kier alpha value is -3.49. The number of halogens is 1. The first-order valence-electron chi connectivity index (χ1n) is 8.13. The van der Waals surface area contributed by atoms with Gasteiger partial charge in [-0.25, -0.2) is 9.18 Å². The number of amides is 1. The van der Waals surface area contributed by atoms with Crippen molar-refractivity contribution in [2.75, 3.05) is 5.32 Å². The molecular formula is C18H18FN5O3. The third kappa shape index (κ3) is 3.71. The lowest BCUT2D eigenvalue weighted by molar-refractivity contribution is 0.0692. The SMILES string of the molecule is Cc1nn(Cc2ccc(F)cc2)c(C)c1NC(=O)c1nn(C)cc1C(=O)O. The fraction of sp³-hybridized carbons (Fsp3) is 0.222. The molecule has 2 heterocycles. The normalized spacial score (nSPS) is 10.8. The van der Waals surface area contributed by atoms with Crippen LogP contribution in [0.2, 0.25) is 0 Å². The Morgan fingerprint density at radius 2 is 1.85 bits per heavy atom. The van der Waals surface area contributed by atoms with Gasteiger partial charge in [0.2, 0.25) is 0 Å². The molecule has 8 nitrogen and oxygen atoms in total. The Labute approximate surface area is 154 Å². The first-order valence-corrected chi connectivity index (χ1v) is 8.13. The van der Waals surface area contributed by atoms with Gasteiger partial charge in [-0.15, -0.1) is 0 Å². The van der Waals surface area contributed by atoms with Crippen molar-refractivity contribution >= 4 is 17.6 Å². The molecule has 0 saturated carbocycles. The molecule has 0 atom stereocenters. The van der Waals surface area contributed by atoms with E-state index < -0.39 is 11.9 Å². The average molecular weight is 371 g/mol. The van der Waals surface area contributed by atoms with Crippen molar-refractivity contribution in [3.8, 4) is 0 Å². The minimum absolute atomic E-state index is 0.171. The second kappa shape index (κ2) is 7.02. The molecule has 0 aliphatic carbocycles. The van der Waals surface area contributed by atoms with Gasteiger partial charge in [0, 0.05) is 13.2 Å². The van der Waals surface area contributed by atoms with Crippen molar-refractivity contribution in [1.82, 2.24) is 19.6 Å². The predicted molar refractivity (Wildman–Crippen MR) is 95.3 cm³/mol. The number of aryl methyl sites for hydroxylation is 2. The van der Waals surface area contributed by atoms with E-state index in [0.29, 0.717) is 23.6 Å². The molecule has 2 N–H and O–H groups in total. The molecule has 1 aromatic carbocycles. The highest BCUT2D eigenvalue weighted by molar-refractivity contribution is 6.09. The number of hydrogen-bond donors (Lipinski definition) is 2. The lowest BCUT2D eigenvalue weighted by atomic mass is 10.2. The molecule has 27 heavy (non-hydrogen) atoms. The van der Waals surface area contributed by atoms with Crippen LogP contribution in [0.4, 0.5) is 10.1 Å². The van der Waals surface area contributed by atoms with Crippen LogP contribution in [0.1, 0.15) is 37.8 Å². The number of nitrogens with one attached hydrogen (secondary N) is 1. The van der Waals surface area contributed by atoms with Gasteiger partial charge in [-0.1, -0.05) is 12.1 Å². The second-order valence-corrected chi connectivity index (χ2v) is 6.15. The number of hydrogen-bond acceptors (Lipinski definition) is 4. The maximum atomic E-state index is 13.0. The Morgan fingerprint density at radius 3 is 2.48 bits per heavy atom. The molecule has 0 fully saturated rings. The third-order valence-electron chi connectivity index (χ3n) is 4.14. The molecule has 140 valence electrons. The number of aromatic nitrogens is 4. The maximum Gasteiger partial charge on any atom is 0.339 e. The Balaban J connectivity index is 1.85. The first kappa shape index (κ1) is 18.3. The fourth-order valence-electron chi connectivity index (χ4n) is 2.78. The number of benzene rings is 1. The van der Waals surface area contributed by atoms with Crippen molar-refractivity contribution in [3.05, 3.63) is 64.5 Å². The minimum Gasteiger partial charge on any atom is -0.478 e. The summed E-state index contributed by atoms with van der Waals surface area (Å²) in [5.74, 6) is -2.17. The topological polar surface area (TPSA) is 102 Å². The molecule has 0 bridgehead atoms. The van der Waals surface area contributed by atoms with E-state index in [-0.39, 0.29) is 17.1 Å². The second-order valence-electron chi connectivity index (χ2n) is 6.15. The van der Waals surface area contributed by atoms with E-state index in [9.17, 15) is 19.1 Å². The van der Waals surface area contributed by atoms with Gasteiger partial charge in [0.25, 0.3) is 5.91 Å². The molecule has 2 aromatic heterocycles.